The van der Waals surface area contributed by atoms with E-state index in [0.717, 1.165) is 0 Å². The van der Waals surface area contributed by atoms with Gasteiger partial charge in [-0.2, -0.15) is 0 Å². The van der Waals surface area contributed by atoms with Crippen LogP contribution < -0.4 is 51.4 Å². The molecule has 0 aromatic carbocycles. The summed E-state index contributed by atoms with van der Waals surface area (Å²) in [6.45, 7) is 0. The summed E-state index contributed by atoms with van der Waals surface area (Å²) in [5.74, 6) is 0. The van der Waals surface area contributed by atoms with E-state index in [1.54, 1.807) is 0 Å². The van der Waals surface area contributed by atoms with E-state index in [0.29, 0.717) is 0 Å². The fourth-order valence-corrected chi connectivity index (χ4v) is 0. The molecule has 24 valence electrons. The first kappa shape index (κ1) is 27.0. The van der Waals surface area contributed by atoms with Crippen LogP contribution in [0, 0.1) is 0 Å². The summed E-state index contributed by atoms with van der Waals surface area (Å²) in [6, 6.07) is 0. The Labute approximate surface area is 104 Å². The van der Waals surface area contributed by atoms with Crippen LogP contribution in [0.2, 0.25) is 0 Å². The Morgan fingerprint density at radius 1 is 1.25 bits per heavy atom. The van der Waals surface area contributed by atoms with Crippen molar-refractivity contribution in [2.45, 2.75) is 0 Å². The van der Waals surface area contributed by atoms with Crippen LogP contribution in [0.3, 0.4) is 0 Å². The molecule has 0 amide bonds. The van der Waals surface area contributed by atoms with Crippen molar-refractivity contribution in [2.24, 2.45) is 0 Å². The number of hydrogen-bond acceptors (Lipinski definition) is 0. The van der Waals surface area contributed by atoms with E-state index in [2.05, 4.69) is 0 Å². The average molecular weight is 278 g/mol. The predicted octanol–water partition coefficient (Wildman–Crippen LogP) is -2.80. The van der Waals surface area contributed by atoms with Crippen LogP contribution in [0.25, 0.3) is 0 Å². The summed E-state index contributed by atoms with van der Waals surface area (Å²) in [6.07, 6.45) is 0. The van der Waals surface area contributed by atoms with Gasteiger partial charge in [0.25, 0.3) is 0 Å². The van der Waals surface area contributed by atoms with Gasteiger partial charge in [0, 0.05) is 0 Å². The van der Waals surface area contributed by atoms with Crippen molar-refractivity contribution in [1.29, 1.82) is 0 Å². The molecule has 0 saturated carbocycles. The zero-order chi connectivity index (χ0) is 0. The van der Waals surface area contributed by atoms with E-state index < -0.39 is 0 Å². The average Bonchev–Trinajstić information content (AvgIpc) is 0. The molecular formula is H5BrClKSn. The van der Waals surface area contributed by atoms with Crippen molar-refractivity contribution >= 4 is 53.3 Å². The maximum absolute atomic E-state index is 0. The Balaban J connectivity index is 0. The minimum absolute atomic E-state index is 0. The Morgan fingerprint density at radius 3 is 1.25 bits per heavy atom. The summed E-state index contributed by atoms with van der Waals surface area (Å²) in [7, 11) is 0. The minimum atomic E-state index is 0. The fraction of sp³-hybridized carbons (Fsp3) is 0. The van der Waals surface area contributed by atoms with Crippen molar-refractivity contribution in [3.05, 3.63) is 0 Å². The van der Waals surface area contributed by atoms with E-state index >= 15 is 0 Å². The summed E-state index contributed by atoms with van der Waals surface area (Å²) in [5.41, 5.74) is 0. The van der Waals surface area contributed by atoms with Crippen molar-refractivity contribution in [1.82, 2.24) is 0 Å². The molecule has 0 nitrogen and oxygen atoms in total. The molecule has 4 heavy (non-hydrogen) atoms. The third-order valence-electron chi connectivity index (χ3n) is 0. The molecule has 0 aliphatic heterocycles. The van der Waals surface area contributed by atoms with Crippen LogP contribution in [0.1, 0.15) is 1.43 Å². The van der Waals surface area contributed by atoms with Crippen LogP contribution in [0.15, 0.2) is 0 Å². The quantitative estimate of drug-likeness (QED) is 0.420. The molecule has 0 aromatic rings. The Morgan fingerprint density at radius 2 is 1.25 bits per heavy atom. The van der Waals surface area contributed by atoms with Gasteiger partial charge in [0.2, 0.25) is 0 Å². The molecule has 0 spiro atoms. The molecule has 0 rings (SSSR count). The zero-order valence-electron chi connectivity index (χ0n) is 3.52. The van der Waals surface area contributed by atoms with Crippen LogP contribution in [0.5, 0.6) is 0 Å². The molecule has 0 atom stereocenters. The molecule has 0 heterocycles. The second kappa shape index (κ2) is 16.4. The SMILES string of the molecule is Br.Cl.[H-].[K+].[SnH2]. The van der Waals surface area contributed by atoms with Gasteiger partial charge in [0.1, 0.15) is 0 Å². The molecular weight excluding hydrogens is 273 g/mol. The van der Waals surface area contributed by atoms with Gasteiger partial charge < -0.3 is 1.43 Å². The van der Waals surface area contributed by atoms with Gasteiger partial charge in [-0.3, -0.25) is 0 Å². The van der Waals surface area contributed by atoms with E-state index in [4.69, 9.17) is 0 Å². The fourth-order valence-electron chi connectivity index (χ4n) is 0. The van der Waals surface area contributed by atoms with Crippen molar-refractivity contribution in [2.75, 3.05) is 0 Å². The topological polar surface area (TPSA) is 0 Å². The van der Waals surface area contributed by atoms with Gasteiger partial charge in [0.15, 0.2) is 0 Å². The van der Waals surface area contributed by atoms with Gasteiger partial charge in [-0.15, -0.1) is 29.4 Å². The molecule has 0 aromatic heterocycles. The summed E-state index contributed by atoms with van der Waals surface area (Å²) < 4.78 is 0. The molecule has 0 aliphatic rings. The second-order valence-corrected chi connectivity index (χ2v) is 0. The van der Waals surface area contributed by atoms with Crippen LogP contribution >= 0.6 is 29.4 Å². The molecule has 0 N–H and O–H groups in total. The van der Waals surface area contributed by atoms with E-state index in [9.17, 15) is 0 Å². The molecule has 4 heteroatoms. The third kappa shape index (κ3) is 8.96. The zero-order valence-corrected chi connectivity index (χ0v) is 12.2. The van der Waals surface area contributed by atoms with Gasteiger partial charge in [-0.25, -0.2) is 0 Å². The third-order valence-corrected chi connectivity index (χ3v) is 0. The van der Waals surface area contributed by atoms with E-state index in [-0.39, 0.29) is 106 Å². The standard InChI is InChI=1S/BrH.ClH.K.Sn.3H/h2*1H;;;;;/q;;+1;;;;-1. The van der Waals surface area contributed by atoms with Gasteiger partial charge in [-0.05, 0) is 0 Å². The Kier molecular flexibility index (Phi) is 110. The van der Waals surface area contributed by atoms with Crippen LogP contribution in [-0.4, -0.2) is 23.9 Å². The molecule has 0 aliphatic carbocycles. The molecule has 0 bridgehead atoms. The number of rotatable bonds is 0. The first-order chi connectivity index (χ1) is 0. The van der Waals surface area contributed by atoms with Crippen molar-refractivity contribution in [3.63, 3.8) is 0 Å². The normalized spacial score (nSPS) is 0. The molecule has 2 radical (unpaired) electrons. The summed E-state index contributed by atoms with van der Waals surface area (Å²) in [4.78, 5) is 0. The van der Waals surface area contributed by atoms with Crippen LogP contribution in [0.4, 0.5) is 0 Å². The second-order valence-electron chi connectivity index (χ2n) is 0. The van der Waals surface area contributed by atoms with E-state index in [1.165, 1.54) is 0 Å². The van der Waals surface area contributed by atoms with Crippen molar-refractivity contribution in [3.8, 4) is 0 Å². The first-order valence-electron chi connectivity index (χ1n) is 0. The Hall–Kier alpha value is 3.21. The summed E-state index contributed by atoms with van der Waals surface area (Å²) in [5, 5.41) is 0. The number of halogens is 2. The Bertz CT molecular complexity index is 11.6. The maximum atomic E-state index is 0. The molecule has 0 fully saturated rings. The molecule has 0 saturated heterocycles. The first-order valence-corrected chi connectivity index (χ1v) is 0. The van der Waals surface area contributed by atoms with Gasteiger partial charge in [-0.1, -0.05) is 0 Å². The number of hydrogen-bond donors (Lipinski definition) is 0. The summed E-state index contributed by atoms with van der Waals surface area (Å²) >= 11 is 0. The molecule has 0 unspecified atom stereocenters. The van der Waals surface area contributed by atoms with Gasteiger partial charge in [0.05, 0.1) is 0 Å². The van der Waals surface area contributed by atoms with Crippen LogP contribution in [-0.2, 0) is 0 Å². The van der Waals surface area contributed by atoms with Gasteiger partial charge >= 0.3 is 75.3 Å². The van der Waals surface area contributed by atoms with Crippen molar-refractivity contribution < 1.29 is 52.8 Å². The predicted molar refractivity (Wildman–Crippen MR) is 27.2 cm³/mol. The van der Waals surface area contributed by atoms with E-state index in [1.807, 2.05) is 0 Å². The monoisotopic (exact) mass is 278 g/mol.